The van der Waals surface area contributed by atoms with E-state index < -0.39 is 40.6 Å². The largest absolute Gasteiger partial charge is 0.461 e. The van der Waals surface area contributed by atoms with Gasteiger partial charge in [0.1, 0.15) is 17.2 Å². The number of anilines is 1. The summed E-state index contributed by atoms with van der Waals surface area (Å²) >= 11 is 5.17. The maximum atomic E-state index is 13.8. The molecule has 0 bridgehead atoms. The van der Waals surface area contributed by atoms with E-state index in [9.17, 15) is 27.2 Å². The summed E-state index contributed by atoms with van der Waals surface area (Å²) in [6, 6.07) is 11.7. The number of carbonyl (C=O) groups is 2. The molecule has 1 unspecified atom stereocenters. The first-order valence-electron chi connectivity index (χ1n) is 8.96. The number of alkyl halides is 3. The van der Waals surface area contributed by atoms with Gasteiger partial charge in [-0.1, -0.05) is 36.4 Å². The lowest BCUT2D eigenvalue weighted by atomic mass is 10.1. The van der Waals surface area contributed by atoms with Crippen LogP contribution in [0.4, 0.5) is 28.0 Å². The molecule has 166 valence electrons. The number of carbonyl (C=O) groups excluding carboxylic acids is 2. The monoisotopic (exact) mass is 467 g/mol. The van der Waals surface area contributed by atoms with E-state index >= 15 is 0 Å². The fourth-order valence-electron chi connectivity index (χ4n) is 2.64. The number of nitrogens with one attached hydrogen (secondary N) is 2. The fraction of sp³-hybridized carbons (Fsp3) is 0.0952. The van der Waals surface area contributed by atoms with Crippen molar-refractivity contribution in [3.63, 3.8) is 0 Å². The molecule has 0 spiro atoms. The third kappa shape index (κ3) is 5.73. The molecule has 1 aromatic heterocycles. The molecule has 0 aliphatic rings. The van der Waals surface area contributed by atoms with Gasteiger partial charge in [-0.25, -0.2) is 18.6 Å². The van der Waals surface area contributed by atoms with Crippen molar-refractivity contribution in [2.75, 3.05) is 5.32 Å². The highest BCUT2D eigenvalue weighted by atomic mass is 35.5. The number of aromatic nitrogens is 1. The van der Waals surface area contributed by atoms with Gasteiger partial charge in [-0.2, -0.15) is 8.78 Å². The number of halogens is 5. The van der Waals surface area contributed by atoms with E-state index in [0.717, 1.165) is 24.4 Å². The molecule has 2 N–H and O–H groups in total. The van der Waals surface area contributed by atoms with Gasteiger partial charge in [0, 0.05) is 6.07 Å². The first-order valence-corrected chi connectivity index (χ1v) is 9.33. The van der Waals surface area contributed by atoms with E-state index in [2.05, 4.69) is 10.3 Å². The molecule has 3 amide bonds. The van der Waals surface area contributed by atoms with Crippen molar-refractivity contribution < 1.29 is 31.9 Å². The minimum absolute atomic E-state index is 0.0468. The molecule has 0 aliphatic heterocycles. The maximum Gasteiger partial charge on any atom is 0.362 e. The first kappa shape index (κ1) is 23.0. The molecular formula is C21H14ClF4N3O3. The van der Waals surface area contributed by atoms with Gasteiger partial charge in [0.2, 0.25) is 12.0 Å². The highest BCUT2D eigenvalue weighted by Crippen LogP contribution is 2.38. The van der Waals surface area contributed by atoms with Gasteiger partial charge >= 0.3 is 11.4 Å². The van der Waals surface area contributed by atoms with Crippen LogP contribution >= 0.6 is 11.6 Å². The molecule has 0 radical (unpaired) electrons. The summed E-state index contributed by atoms with van der Waals surface area (Å²) in [4.78, 5) is 27.7. The second kappa shape index (κ2) is 9.65. The zero-order valence-electron chi connectivity index (χ0n) is 16.0. The Hall–Kier alpha value is -3.66. The highest BCUT2D eigenvalue weighted by molar-refractivity contribution is 6.22. The molecular weight excluding hydrogens is 454 g/mol. The lowest BCUT2D eigenvalue weighted by Crippen LogP contribution is -2.35. The number of hydrogen-bond acceptors (Lipinski definition) is 4. The Labute approximate surface area is 184 Å². The van der Waals surface area contributed by atoms with Gasteiger partial charge in [-0.3, -0.25) is 10.1 Å². The van der Waals surface area contributed by atoms with Crippen LogP contribution in [0.1, 0.15) is 22.0 Å². The predicted octanol–water partition coefficient (Wildman–Crippen LogP) is 5.27. The fourth-order valence-corrected chi connectivity index (χ4v) is 2.81. The van der Waals surface area contributed by atoms with Gasteiger partial charge in [0.05, 0.1) is 11.9 Å². The Morgan fingerprint density at radius 3 is 2.19 bits per heavy atom. The van der Waals surface area contributed by atoms with Crippen molar-refractivity contribution in [1.29, 1.82) is 0 Å². The number of nitrogens with zero attached hydrogens (tertiary/aromatic N) is 1. The molecule has 1 heterocycles. The van der Waals surface area contributed by atoms with E-state index in [1.165, 1.54) is 24.3 Å². The topological polar surface area (TPSA) is 80.3 Å². The molecule has 0 aliphatic carbocycles. The van der Waals surface area contributed by atoms with E-state index in [1.807, 2.05) is 0 Å². The third-order valence-corrected chi connectivity index (χ3v) is 4.25. The molecule has 3 aromatic rings. The Morgan fingerprint density at radius 1 is 0.969 bits per heavy atom. The van der Waals surface area contributed by atoms with Crippen LogP contribution < -0.4 is 15.4 Å². The van der Waals surface area contributed by atoms with Crippen LogP contribution in [-0.4, -0.2) is 22.3 Å². The standard InChI is InChI=1S/C21H14ClF4N3O3/c22-21(25,26)18(12-5-2-1-3-6-12)32-16-10-9-13(11-27-16)28-20(31)29-19(30)17-14(23)7-4-8-15(17)24/h1-11,18H,(H2,28,29,30,31). The number of hydrogen-bond donors (Lipinski definition) is 2. The smallest absolute Gasteiger partial charge is 0.362 e. The summed E-state index contributed by atoms with van der Waals surface area (Å²) in [7, 11) is 0. The Kier molecular flexibility index (Phi) is 6.94. The summed E-state index contributed by atoms with van der Waals surface area (Å²) in [6.07, 6.45) is -0.759. The molecule has 0 fully saturated rings. The Morgan fingerprint density at radius 2 is 1.62 bits per heavy atom. The Balaban J connectivity index is 1.65. The zero-order chi connectivity index (χ0) is 23.3. The SMILES string of the molecule is O=C(NC(=O)c1c(F)cccc1F)Nc1ccc(OC(c2ccccc2)C(F)(F)Cl)nc1. The van der Waals surface area contributed by atoms with Crippen molar-refractivity contribution in [3.8, 4) is 5.88 Å². The highest BCUT2D eigenvalue weighted by Gasteiger charge is 2.40. The van der Waals surface area contributed by atoms with Crippen LogP contribution in [-0.2, 0) is 0 Å². The number of rotatable bonds is 6. The minimum atomic E-state index is -3.73. The van der Waals surface area contributed by atoms with E-state index in [-0.39, 0.29) is 17.1 Å². The summed E-state index contributed by atoms with van der Waals surface area (Å²) in [5, 5.41) is 0.252. The summed E-state index contributed by atoms with van der Waals surface area (Å²) in [6.45, 7) is 0. The van der Waals surface area contributed by atoms with Crippen LogP contribution in [0.15, 0.2) is 66.9 Å². The average Bonchev–Trinajstić information content (AvgIpc) is 2.72. The van der Waals surface area contributed by atoms with E-state index in [1.54, 1.807) is 23.5 Å². The summed E-state index contributed by atoms with van der Waals surface area (Å²) < 4.78 is 60.0. The van der Waals surface area contributed by atoms with Gasteiger partial charge in [-0.05, 0) is 35.4 Å². The quantitative estimate of drug-likeness (QED) is 0.382. The van der Waals surface area contributed by atoms with Gasteiger partial charge < -0.3 is 10.1 Å². The number of ether oxygens (including phenoxy) is 1. The predicted molar refractivity (Wildman–Crippen MR) is 108 cm³/mol. The number of benzene rings is 2. The summed E-state index contributed by atoms with van der Waals surface area (Å²) in [5.74, 6) is -3.78. The number of amides is 3. The minimum Gasteiger partial charge on any atom is -0.461 e. The van der Waals surface area contributed by atoms with Crippen molar-refractivity contribution >= 4 is 29.2 Å². The van der Waals surface area contributed by atoms with Crippen molar-refractivity contribution in [1.82, 2.24) is 10.3 Å². The number of pyridine rings is 1. The van der Waals surface area contributed by atoms with Gasteiger partial charge in [-0.15, -0.1) is 0 Å². The molecule has 32 heavy (non-hydrogen) atoms. The molecule has 6 nitrogen and oxygen atoms in total. The lowest BCUT2D eigenvalue weighted by molar-refractivity contribution is -0.0296. The van der Waals surface area contributed by atoms with Crippen LogP contribution in [0.2, 0.25) is 0 Å². The molecule has 11 heteroatoms. The van der Waals surface area contributed by atoms with Crippen molar-refractivity contribution in [2.24, 2.45) is 0 Å². The molecule has 2 aromatic carbocycles. The molecule has 0 saturated heterocycles. The van der Waals surface area contributed by atoms with Gasteiger partial charge in [0.25, 0.3) is 5.91 Å². The number of imide groups is 1. The lowest BCUT2D eigenvalue weighted by Gasteiger charge is -2.22. The molecule has 3 rings (SSSR count). The second-order valence-electron chi connectivity index (χ2n) is 6.34. The average molecular weight is 468 g/mol. The zero-order valence-corrected chi connectivity index (χ0v) is 16.7. The van der Waals surface area contributed by atoms with Crippen LogP contribution in [0.5, 0.6) is 5.88 Å². The van der Waals surface area contributed by atoms with Crippen LogP contribution in [0.3, 0.4) is 0 Å². The summed E-state index contributed by atoms with van der Waals surface area (Å²) in [5.41, 5.74) is -0.751. The van der Waals surface area contributed by atoms with E-state index in [0.29, 0.717) is 0 Å². The number of urea groups is 1. The molecule has 1 atom stereocenters. The third-order valence-electron chi connectivity index (χ3n) is 4.05. The second-order valence-corrected chi connectivity index (χ2v) is 6.84. The van der Waals surface area contributed by atoms with Gasteiger partial charge in [0.15, 0.2) is 0 Å². The van der Waals surface area contributed by atoms with Crippen LogP contribution in [0.25, 0.3) is 0 Å². The van der Waals surface area contributed by atoms with Crippen LogP contribution in [0, 0.1) is 11.6 Å². The molecule has 0 saturated carbocycles. The Bertz CT molecular complexity index is 1090. The normalized spacial score (nSPS) is 12.0. The van der Waals surface area contributed by atoms with Crippen molar-refractivity contribution in [2.45, 2.75) is 11.5 Å². The maximum absolute atomic E-state index is 13.8. The van der Waals surface area contributed by atoms with Crippen molar-refractivity contribution in [3.05, 3.63) is 89.6 Å². The first-order chi connectivity index (χ1) is 15.1. The van der Waals surface area contributed by atoms with E-state index in [4.69, 9.17) is 16.3 Å².